The Hall–Kier alpha value is -1.06. The van der Waals surface area contributed by atoms with Crippen molar-refractivity contribution >= 4 is 0 Å². The number of methoxy groups -OCH3 is 1. The summed E-state index contributed by atoms with van der Waals surface area (Å²) in [6, 6.07) is 8.54. The summed E-state index contributed by atoms with van der Waals surface area (Å²) in [6.07, 6.45) is 3.94. The molecule has 0 atom stereocenters. The first-order valence-corrected chi connectivity index (χ1v) is 7.13. The number of hydrogen-bond acceptors (Lipinski definition) is 3. The fourth-order valence-electron chi connectivity index (χ4n) is 3.77. The Kier molecular flexibility index (Phi) is 3.27. The van der Waals surface area contributed by atoms with Crippen LogP contribution in [0, 0.1) is 5.41 Å². The van der Waals surface area contributed by atoms with Crippen LogP contribution >= 0.6 is 0 Å². The SMILES string of the molecule is CNCC1(C2(c3cccc(OC)c3)COC2)CCC1. The summed E-state index contributed by atoms with van der Waals surface area (Å²) >= 11 is 0. The number of hydrogen-bond donors (Lipinski definition) is 1. The standard InChI is InChI=1S/C16H23NO2/c1-17-10-15(7-4-8-15)16(11-19-12-16)13-5-3-6-14(9-13)18-2/h3,5-6,9,17H,4,7-8,10-12H2,1-2H3. The van der Waals surface area contributed by atoms with Gasteiger partial charge >= 0.3 is 0 Å². The van der Waals surface area contributed by atoms with Gasteiger partial charge in [0.1, 0.15) is 5.75 Å². The zero-order valence-electron chi connectivity index (χ0n) is 11.9. The van der Waals surface area contributed by atoms with Crippen molar-refractivity contribution in [3.63, 3.8) is 0 Å². The van der Waals surface area contributed by atoms with E-state index in [2.05, 4.69) is 30.6 Å². The molecule has 1 heterocycles. The van der Waals surface area contributed by atoms with Crippen LogP contribution in [0.4, 0.5) is 0 Å². The Morgan fingerprint density at radius 2 is 2.11 bits per heavy atom. The van der Waals surface area contributed by atoms with E-state index in [4.69, 9.17) is 9.47 Å². The van der Waals surface area contributed by atoms with Gasteiger partial charge in [0, 0.05) is 12.0 Å². The second-order valence-electron chi connectivity index (χ2n) is 5.97. The van der Waals surface area contributed by atoms with E-state index in [0.29, 0.717) is 5.41 Å². The first-order valence-electron chi connectivity index (χ1n) is 7.13. The summed E-state index contributed by atoms with van der Waals surface area (Å²) in [6.45, 7) is 2.78. The molecular weight excluding hydrogens is 238 g/mol. The van der Waals surface area contributed by atoms with Gasteiger partial charge in [-0.05, 0) is 43.0 Å². The van der Waals surface area contributed by atoms with Gasteiger partial charge in [-0.25, -0.2) is 0 Å². The Balaban J connectivity index is 1.98. The number of nitrogens with one attached hydrogen (secondary N) is 1. The molecule has 0 amide bonds. The largest absolute Gasteiger partial charge is 0.497 e. The Morgan fingerprint density at radius 3 is 2.58 bits per heavy atom. The van der Waals surface area contributed by atoms with Crippen molar-refractivity contribution in [1.29, 1.82) is 0 Å². The third-order valence-electron chi connectivity index (χ3n) is 5.16. The van der Waals surface area contributed by atoms with Gasteiger partial charge in [-0.3, -0.25) is 0 Å². The number of rotatable bonds is 5. The molecule has 3 rings (SSSR count). The van der Waals surface area contributed by atoms with Crippen molar-refractivity contribution < 1.29 is 9.47 Å². The fraction of sp³-hybridized carbons (Fsp3) is 0.625. The Labute approximate surface area is 115 Å². The smallest absolute Gasteiger partial charge is 0.119 e. The van der Waals surface area contributed by atoms with Crippen LogP contribution in [0.3, 0.4) is 0 Å². The van der Waals surface area contributed by atoms with Gasteiger partial charge in [0.15, 0.2) is 0 Å². The molecule has 2 fully saturated rings. The van der Waals surface area contributed by atoms with Gasteiger partial charge < -0.3 is 14.8 Å². The minimum atomic E-state index is 0.183. The molecule has 0 bridgehead atoms. The van der Waals surface area contributed by atoms with Gasteiger partial charge in [0.25, 0.3) is 0 Å². The van der Waals surface area contributed by atoms with E-state index in [1.165, 1.54) is 24.8 Å². The lowest BCUT2D eigenvalue weighted by molar-refractivity contribution is -0.156. The van der Waals surface area contributed by atoms with Gasteiger partial charge in [-0.2, -0.15) is 0 Å². The maximum Gasteiger partial charge on any atom is 0.119 e. The van der Waals surface area contributed by atoms with E-state index in [1.54, 1.807) is 7.11 Å². The van der Waals surface area contributed by atoms with E-state index in [0.717, 1.165) is 25.5 Å². The highest BCUT2D eigenvalue weighted by Gasteiger charge is 2.59. The minimum absolute atomic E-state index is 0.183. The third kappa shape index (κ3) is 1.79. The predicted molar refractivity (Wildman–Crippen MR) is 75.7 cm³/mol. The first kappa shape index (κ1) is 12.9. The molecule has 0 spiro atoms. The fourth-order valence-corrected chi connectivity index (χ4v) is 3.77. The average Bonchev–Trinajstić information content (AvgIpc) is 2.34. The molecular formula is C16H23NO2. The summed E-state index contributed by atoms with van der Waals surface area (Å²) < 4.78 is 11.0. The van der Waals surface area contributed by atoms with Crippen LogP contribution in [0.2, 0.25) is 0 Å². The van der Waals surface area contributed by atoms with Crippen LogP contribution in [0.25, 0.3) is 0 Å². The van der Waals surface area contributed by atoms with Crippen LogP contribution in [0.5, 0.6) is 5.75 Å². The molecule has 1 saturated heterocycles. The van der Waals surface area contributed by atoms with Crippen LogP contribution in [0.15, 0.2) is 24.3 Å². The van der Waals surface area contributed by atoms with Gasteiger partial charge in [-0.1, -0.05) is 18.6 Å². The molecule has 1 saturated carbocycles. The van der Waals surface area contributed by atoms with Gasteiger partial charge in [0.2, 0.25) is 0 Å². The topological polar surface area (TPSA) is 30.5 Å². The van der Waals surface area contributed by atoms with E-state index in [1.807, 2.05) is 6.07 Å². The summed E-state index contributed by atoms with van der Waals surface area (Å²) in [5, 5.41) is 3.40. The molecule has 3 heteroatoms. The third-order valence-corrected chi connectivity index (χ3v) is 5.16. The molecule has 1 N–H and O–H groups in total. The molecule has 0 unspecified atom stereocenters. The van der Waals surface area contributed by atoms with Gasteiger partial charge in [0.05, 0.1) is 20.3 Å². The summed E-state index contributed by atoms with van der Waals surface area (Å²) in [5.74, 6) is 0.947. The van der Waals surface area contributed by atoms with Crippen molar-refractivity contribution in [1.82, 2.24) is 5.32 Å². The molecule has 2 aliphatic rings. The molecule has 19 heavy (non-hydrogen) atoms. The summed E-state index contributed by atoms with van der Waals surface area (Å²) in [7, 11) is 3.79. The lowest BCUT2D eigenvalue weighted by Gasteiger charge is -2.60. The van der Waals surface area contributed by atoms with Crippen molar-refractivity contribution in [2.75, 3.05) is 33.9 Å². The highest BCUT2D eigenvalue weighted by atomic mass is 16.5. The quantitative estimate of drug-likeness (QED) is 0.882. The lowest BCUT2D eigenvalue weighted by Crippen LogP contribution is -2.64. The van der Waals surface area contributed by atoms with Crippen LogP contribution in [0.1, 0.15) is 24.8 Å². The molecule has 0 radical (unpaired) electrons. The molecule has 1 aromatic carbocycles. The van der Waals surface area contributed by atoms with Crippen LogP contribution < -0.4 is 10.1 Å². The van der Waals surface area contributed by atoms with Crippen molar-refractivity contribution in [3.8, 4) is 5.75 Å². The minimum Gasteiger partial charge on any atom is -0.497 e. The van der Waals surface area contributed by atoms with Gasteiger partial charge in [-0.15, -0.1) is 0 Å². The highest BCUT2D eigenvalue weighted by molar-refractivity contribution is 5.38. The lowest BCUT2D eigenvalue weighted by atomic mass is 9.49. The normalized spacial score (nSPS) is 23.3. The monoisotopic (exact) mass is 261 g/mol. The number of ether oxygens (including phenoxy) is 2. The van der Waals surface area contributed by atoms with Crippen LogP contribution in [-0.4, -0.2) is 33.9 Å². The zero-order valence-corrected chi connectivity index (χ0v) is 11.9. The van der Waals surface area contributed by atoms with Crippen molar-refractivity contribution in [2.45, 2.75) is 24.7 Å². The second-order valence-corrected chi connectivity index (χ2v) is 5.97. The molecule has 104 valence electrons. The molecule has 1 aliphatic heterocycles. The molecule has 0 aromatic heterocycles. The van der Waals surface area contributed by atoms with Crippen molar-refractivity contribution in [3.05, 3.63) is 29.8 Å². The highest BCUT2D eigenvalue weighted by Crippen LogP contribution is 2.58. The van der Waals surface area contributed by atoms with E-state index in [-0.39, 0.29) is 5.41 Å². The molecule has 1 aliphatic carbocycles. The number of benzene rings is 1. The van der Waals surface area contributed by atoms with E-state index < -0.39 is 0 Å². The van der Waals surface area contributed by atoms with Crippen molar-refractivity contribution in [2.24, 2.45) is 5.41 Å². The first-order chi connectivity index (χ1) is 9.26. The Bertz CT molecular complexity index is 450. The predicted octanol–water partition coefficient (Wildman–Crippen LogP) is 2.35. The average molecular weight is 261 g/mol. The van der Waals surface area contributed by atoms with E-state index >= 15 is 0 Å². The maximum absolute atomic E-state index is 5.63. The Morgan fingerprint density at radius 1 is 1.32 bits per heavy atom. The summed E-state index contributed by atoms with van der Waals surface area (Å²) in [5.41, 5.74) is 1.93. The maximum atomic E-state index is 5.63. The zero-order chi connectivity index (χ0) is 13.3. The second kappa shape index (κ2) is 4.80. The molecule has 1 aromatic rings. The molecule has 3 nitrogen and oxygen atoms in total. The summed E-state index contributed by atoms with van der Waals surface area (Å²) in [4.78, 5) is 0. The van der Waals surface area contributed by atoms with Crippen LogP contribution in [-0.2, 0) is 10.2 Å². The van der Waals surface area contributed by atoms with E-state index in [9.17, 15) is 0 Å².